The molecule has 18 heavy (non-hydrogen) atoms. The van der Waals surface area contributed by atoms with Gasteiger partial charge in [-0.3, -0.25) is 4.79 Å². The Kier molecular flexibility index (Phi) is 3.91. The Bertz CT molecular complexity index is 463. The van der Waals surface area contributed by atoms with E-state index in [-0.39, 0.29) is 17.1 Å². The highest BCUT2D eigenvalue weighted by atomic mass is 35.5. The minimum absolute atomic E-state index is 0.0171. The van der Waals surface area contributed by atoms with Crippen molar-refractivity contribution in [2.24, 2.45) is 5.92 Å². The van der Waals surface area contributed by atoms with Crippen LogP contribution in [0.1, 0.15) is 29.3 Å². The predicted molar refractivity (Wildman–Crippen MR) is 70.5 cm³/mol. The summed E-state index contributed by atoms with van der Waals surface area (Å²) in [6, 6.07) is 4.31. The summed E-state index contributed by atoms with van der Waals surface area (Å²) in [4.78, 5) is 14.0. The summed E-state index contributed by atoms with van der Waals surface area (Å²) in [6.07, 6.45) is 0.897. The van der Waals surface area contributed by atoms with Gasteiger partial charge in [0.1, 0.15) is 5.82 Å². The van der Waals surface area contributed by atoms with Crippen molar-refractivity contribution in [3.05, 3.63) is 35.1 Å². The number of halogens is 2. The molecule has 4 heteroatoms. The molecule has 0 bridgehead atoms. The summed E-state index contributed by atoms with van der Waals surface area (Å²) in [6.45, 7) is 5.14. The van der Waals surface area contributed by atoms with E-state index in [1.807, 2.05) is 6.92 Å². The molecule has 0 saturated carbocycles. The van der Waals surface area contributed by atoms with E-state index in [1.165, 1.54) is 12.1 Å². The van der Waals surface area contributed by atoms with Crippen molar-refractivity contribution < 1.29 is 9.18 Å². The normalized spacial score (nSPS) is 24.1. The SMILES string of the molecule is Cc1ccc(F)cc1C(=O)N1CCC(C)C(Cl)C1. The van der Waals surface area contributed by atoms with Gasteiger partial charge < -0.3 is 4.90 Å². The monoisotopic (exact) mass is 269 g/mol. The van der Waals surface area contributed by atoms with E-state index < -0.39 is 0 Å². The van der Waals surface area contributed by atoms with E-state index in [2.05, 4.69) is 6.92 Å². The molecule has 1 heterocycles. The minimum atomic E-state index is -0.378. The number of likely N-dealkylation sites (tertiary alicyclic amines) is 1. The first-order chi connectivity index (χ1) is 8.49. The van der Waals surface area contributed by atoms with Gasteiger partial charge in [0, 0.05) is 18.7 Å². The van der Waals surface area contributed by atoms with E-state index in [9.17, 15) is 9.18 Å². The maximum absolute atomic E-state index is 13.2. The van der Waals surface area contributed by atoms with Crippen LogP contribution in [0.25, 0.3) is 0 Å². The number of hydrogen-bond acceptors (Lipinski definition) is 1. The maximum Gasteiger partial charge on any atom is 0.254 e. The van der Waals surface area contributed by atoms with Crippen molar-refractivity contribution in [1.29, 1.82) is 0 Å². The molecule has 0 N–H and O–H groups in total. The summed E-state index contributed by atoms with van der Waals surface area (Å²) in [7, 11) is 0. The molecule has 1 amide bonds. The maximum atomic E-state index is 13.2. The highest BCUT2D eigenvalue weighted by Crippen LogP contribution is 2.24. The van der Waals surface area contributed by atoms with Gasteiger partial charge in [0.25, 0.3) is 5.91 Å². The number of aryl methyl sites for hydroxylation is 1. The number of nitrogens with zero attached hydrogens (tertiary/aromatic N) is 1. The van der Waals surface area contributed by atoms with Gasteiger partial charge in [-0.05, 0) is 37.0 Å². The molecule has 1 aromatic carbocycles. The first-order valence-electron chi connectivity index (χ1n) is 6.18. The largest absolute Gasteiger partial charge is 0.337 e. The lowest BCUT2D eigenvalue weighted by molar-refractivity contribution is 0.0700. The fourth-order valence-electron chi connectivity index (χ4n) is 2.20. The quantitative estimate of drug-likeness (QED) is 0.717. The number of carbonyl (C=O) groups excluding carboxylic acids is 1. The molecular formula is C14H17ClFNO. The Hall–Kier alpha value is -1.09. The van der Waals surface area contributed by atoms with Crippen LogP contribution in [0.5, 0.6) is 0 Å². The molecule has 1 aliphatic heterocycles. The Labute approximate surface area is 112 Å². The summed E-state index contributed by atoms with van der Waals surface area (Å²) >= 11 is 6.20. The van der Waals surface area contributed by atoms with Gasteiger partial charge in [-0.25, -0.2) is 4.39 Å². The van der Waals surface area contributed by atoms with Crippen molar-refractivity contribution >= 4 is 17.5 Å². The second-order valence-electron chi connectivity index (χ2n) is 4.99. The highest BCUT2D eigenvalue weighted by molar-refractivity contribution is 6.21. The molecule has 0 spiro atoms. The number of rotatable bonds is 1. The fraction of sp³-hybridized carbons (Fsp3) is 0.500. The second kappa shape index (κ2) is 5.27. The Balaban J connectivity index is 2.19. The lowest BCUT2D eigenvalue weighted by Crippen LogP contribution is -2.44. The zero-order chi connectivity index (χ0) is 13.3. The topological polar surface area (TPSA) is 20.3 Å². The molecular weight excluding hydrogens is 253 g/mol. The number of benzene rings is 1. The van der Waals surface area contributed by atoms with Crippen LogP contribution >= 0.6 is 11.6 Å². The first-order valence-corrected chi connectivity index (χ1v) is 6.62. The van der Waals surface area contributed by atoms with E-state index in [0.29, 0.717) is 24.6 Å². The average molecular weight is 270 g/mol. The number of alkyl halides is 1. The molecule has 0 aromatic heterocycles. The molecule has 1 aliphatic rings. The molecule has 98 valence electrons. The third kappa shape index (κ3) is 2.66. The Morgan fingerprint density at radius 1 is 1.50 bits per heavy atom. The first kappa shape index (κ1) is 13.3. The summed E-state index contributed by atoms with van der Waals surface area (Å²) in [5.41, 5.74) is 1.24. The molecule has 1 saturated heterocycles. The molecule has 2 atom stereocenters. The van der Waals surface area contributed by atoms with Crippen molar-refractivity contribution in [3.8, 4) is 0 Å². The van der Waals surface area contributed by atoms with E-state index >= 15 is 0 Å². The number of carbonyl (C=O) groups is 1. The second-order valence-corrected chi connectivity index (χ2v) is 5.55. The van der Waals surface area contributed by atoms with Gasteiger partial charge in [0.2, 0.25) is 0 Å². The molecule has 0 radical (unpaired) electrons. The van der Waals surface area contributed by atoms with Crippen LogP contribution in [-0.4, -0.2) is 29.3 Å². The third-order valence-corrected chi connectivity index (χ3v) is 4.15. The summed E-state index contributed by atoms with van der Waals surface area (Å²) in [5, 5.41) is -0.0171. The van der Waals surface area contributed by atoms with Crippen molar-refractivity contribution in [3.63, 3.8) is 0 Å². The highest BCUT2D eigenvalue weighted by Gasteiger charge is 2.28. The van der Waals surface area contributed by atoms with Crippen molar-refractivity contribution in [2.75, 3.05) is 13.1 Å². The van der Waals surface area contributed by atoms with E-state index in [4.69, 9.17) is 11.6 Å². The molecule has 0 aliphatic carbocycles. The summed E-state index contributed by atoms with van der Waals surface area (Å²) < 4.78 is 13.2. The fourth-order valence-corrected chi connectivity index (χ4v) is 2.49. The van der Waals surface area contributed by atoms with Gasteiger partial charge in [-0.2, -0.15) is 0 Å². The number of hydrogen-bond donors (Lipinski definition) is 0. The predicted octanol–water partition coefficient (Wildman–Crippen LogP) is 3.22. The Morgan fingerprint density at radius 2 is 2.22 bits per heavy atom. The van der Waals surface area contributed by atoms with E-state index in [0.717, 1.165) is 12.0 Å². The van der Waals surface area contributed by atoms with Crippen LogP contribution in [0.3, 0.4) is 0 Å². The van der Waals surface area contributed by atoms with Crippen LogP contribution < -0.4 is 0 Å². The minimum Gasteiger partial charge on any atom is -0.337 e. The van der Waals surface area contributed by atoms with Crippen LogP contribution in [0.15, 0.2) is 18.2 Å². The molecule has 1 aromatic rings. The zero-order valence-electron chi connectivity index (χ0n) is 10.6. The zero-order valence-corrected chi connectivity index (χ0v) is 11.4. The number of amides is 1. The average Bonchev–Trinajstić information content (AvgIpc) is 2.35. The summed E-state index contributed by atoms with van der Waals surface area (Å²) in [5.74, 6) is -0.0781. The molecule has 2 unspecified atom stereocenters. The van der Waals surface area contributed by atoms with Gasteiger partial charge in [-0.15, -0.1) is 11.6 Å². The Morgan fingerprint density at radius 3 is 2.89 bits per heavy atom. The van der Waals surface area contributed by atoms with Crippen LogP contribution in [-0.2, 0) is 0 Å². The van der Waals surface area contributed by atoms with Crippen molar-refractivity contribution in [1.82, 2.24) is 4.90 Å². The van der Waals surface area contributed by atoms with Gasteiger partial charge in [-0.1, -0.05) is 13.0 Å². The van der Waals surface area contributed by atoms with Crippen LogP contribution in [0.4, 0.5) is 4.39 Å². The van der Waals surface area contributed by atoms with Crippen LogP contribution in [0, 0.1) is 18.7 Å². The van der Waals surface area contributed by atoms with E-state index in [1.54, 1.807) is 11.0 Å². The lowest BCUT2D eigenvalue weighted by Gasteiger charge is -2.34. The van der Waals surface area contributed by atoms with Gasteiger partial charge in [0.05, 0.1) is 5.38 Å². The van der Waals surface area contributed by atoms with Crippen LogP contribution in [0.2, 0.25) is 0 Å². The third-order valence-electron chi connectivity index (χ3n) is 3.58. The molecule has 2 nitrogen and oxygen atoms in total. The van der Waals surface area contributed by atoms with Gasteiger partial charge in [0.15, 0.2) is 0 Å². The number of piperidine rings is 1. The molecule has 2 rings (SSSR count). The molecule has 1 fully saturated rings. The smallest absolute Gasteiger partial charge is 0.254 e. The van der Waals surface area contributed by atoms with Gasteiger partial charge >= 0.3 is 0 Å². The lowest BCUT2D eigenvalue weighted by atomic mass is 9.97. The standard InChI is InChI=1S/C14H17ClFNO/c1-9-3-4-11(16)7-12(9)14(18)17-6-5-10(2)13(15)8-17/h3-4,7,10,13H,5-6,8H2,1-2H3. The van der Waals surface area contributed by atoms with Crippen molar-refractivity contribution in [2.45, 2.75) is 25.6 Å².